The largest absolute Gasteiger partial charge is 0.545 e. The number of rotatable bonds is 4. The van der Waals surface area contributed by atoms with Gasteiger partial charge in [-0.1, -0.05) is 42.5 Å². The van der Waals surface area contributed by atoms with Gasteiger partial charge in [-0.25, -0.2) is 0 Å². The average molecular weight is 309 g/mol. The lowest BCUT2D eigenvalue weighted by Crippen LogP contribution is -2.28. The average Bonchev–Trinajstić information content (AvgIpc) is 2.93. The summed E-state index contributed by atoms with van der Waals surface area (Å²) in [5, 5.41) is 11.6. The van der Waals surface area contributed by atoms with Crippen molar-refractivity contribution >= 4 is 5.97 Å². The predicted octanol–water partition coefficient (Wildman–Crippen LogP) is 2.57. The molecule has 0 saturated carbocycles. The quantitative estimate of drug-likeness (QED) is 0.871. The molecule has 0 unspecified atom stereocenters. The molecule has 2 aromatic rings. The van der Waals surface area contributed by atoms with E-state index in [9.17, 15) is 9.90 Å². The number of benzene rings is 2. The zero-order valence-electron chi connectivity index (χ0n) is 13.0. The van der Waals surface area contributed by atoms with Crippen LogP contribution in [0.3, 0.4) is 0 Å². The first kappa shape index (κ1) is 15.2. The smallest absolute Gasteiger partial charge is 0.134 e. The highest BCUT2D eigenvalue weighted by molar-refractivity contribution is 5.88. The molecular weight excluding hydrogens is 292 g/mol. The SMILES string of the molecule is COc1ccc([C@H]2C(C(=O)[O-])=C(C)O[C@@H]2c2ccccc2)cc1. The highest BCUT2D eigenvalue weighted by Crippen LogP contribution is 2.47. The molecule has 1 aliphatic heterocycles. The van der Waals surface area contributed by atoms with Gasteiger partial charge in [-0.2, -0.15) is 0 Å². The minimum Gasteiger partial charge on any atom is -0.545 e. The van der Waals surface area contributed by atoms with E-state index in [0.29, 0.717) is 5.76 Å². The lowest BCUT2D eigenvalue weighted by atomic mass is 9.84. The maximum Gasteiger partial charge on any atom is 0.134 e. The van der Waals surface area contributed by atoms with Gasteiger partial charge in [0.1, 0.15) is 11.9 Å². The molecule has 1 heterocycles. The summed E-state index contributed by atoms with van der Waals surface area (Å²) in [7, 11) is 1.59. The summed E-state index contributed by atoms with van der Waals surface area (Å²) in [5.74, 6) is -0.477. The van der Waals surface area contributed by atoms with Gasteiger partial charge < -0.3 is 19.4 Å². The maximum absolute atomic E-state index is 11.6. The van der Waals surface area contributed by atoms with Crippen LogP contribution in [0.1, 0.15) is 30.1 Å². The van der Waals surface area contributed by atoms with Gasteiger partial charge in [-0.3, -0.25) is 0 Å². The third-order valence-electron chi connectivity index (χ3n) is 4.12. The molecule has 23 heavy (non-hydrogen) atoms. The molecule has 3 rings (SSSR count). The number of aliphatic carboxylic acids is 1. The van der Waals surface area contributed by atoms with Gasteiger partial charge >= 0.3 is 0 Å². The number of allylic oxidation sites excluding steroid dienone is 1. The standard InChI is InChI=1S/C19H18O4/c1-12-16(19(20)21)17(13-8-10-15(22-2)11-9-13)18(23-12)14-6-4-3-5-7-14/h3-11,17-18H,1-2H3,(H,20,21)/p-1/t17-,18+/m0/s1. The van der Waals surface area contributed by atoms with Gasteiger partial charge in [0, 0.05) is 5.57 Å². The van der Waals surface area contributed by atoms with Gasteiger partial charge in [0.15, 0.2) is 0 Å². The topological polar surface area (TPSA) is 58.6 Å². The number of hydrogen-bond donors (Lipinski definition) is 0. The normalized spacial score (nSPS) is 20.3. The molecule has 4 heteroatoms. The molecule has 0 saturated heterocycles. The minimum absolute atomic E-state index is 0.198. The molecule has 0 spiro atoms. The molecule has 2 atom stereocenters. The predicted molar refractivity (Wildman–Crippen MR) is 83.7 cm³/mol. The molecule has 0 amide bonds. The van der Waals surface area contributed by atoms with E-state index in [1.807, 2.05) is 54.6 Å². The second kappa shape index (κ2) is 6.16. The summed E-state index contributed by atoms with van der Waals surface area (Å²) >= 11 is 0. The van der Waals surface area contributed by atoms with Crippen LogP contribution in [0.25, 0.3) is 0 Å². The van der Waals surface area contributed by atoms with Crippen molar-refractivity contribution in [1.29, 1.82) is 0 Å². The Balaban J connectivity index is 2.06. The Labute approximate surface area is 135 Å². The van der Waals surface area contributed by atoms with Crippen molar-refractivity contribution in [3.05, 3.63) is 77.1 Å². The highest BCUT2D eigenvalue weighted by Gasteiger charge is 2.37. The Morgan fingerprint density at radius 3 is 2.26 bits per heavy atom. The third-order valence-corrected chi connectivity index (χ3v) is 4.12. The van der Waals surface area contributed by atoms with Crippen LogP contribution in [0, 0.1) is 0 Å². The van der Waals surface area contributed by atoms with Gasteiger partial charge in [0.25, 0.3) is 0 Å². The van der Waals surface area contributed by atoms with E-state index in [4.69, 9.17) is 9.47 Å². The summed E-state index contributed by atoms with van der Waals surface area (Å²) in [5.41, 5.74) is 1.99. The van der Waals surface area contributed by atoms with Crippen LogP contribution in [-0.2, 0) is 9.53 Å². The van der Waals surface area contributed by atoms with Crippen molar-refractivity contribution in [3.63, 3.8) is 0 Å². The molecule has 1 aliphatic rings. The van der Waals surface area contributed by atoms with E-state index in [2.05, 4.69) is 0 Å². The van der Waals surface area contributed by atoms with Crippen molar-refractivity contribution < 1.29 is 19.4 Å². The first-order valence-corrected chi connectivity index (χ1v) is 7.39. The van der Waals surface area contributed by atoms with Gasteiger partial charge in [-0.15, -0.1) is 0 Å². The highest BCUT2D eigenvalue weighted by atomic mass is 16.5. The lowest BCUT2D eigenvalue weighted by Gasteiger charge is -2.23. The Morgan fingerprint density at radius 1 is 1.04 bits per heavy atom. The molecular formula is C19H17O4-. The van der Waals surface area contributed by atoms with Crippen LogP contribution in [0.5, 0.6) is 5.75 Å². The zero-order valence-corrected chi connectivity index (χ0v) is 13.0. The van der Waals surface area contributed by atoms with E-state index in [0.717, 1.165) is 16.9 Å². The fourth-order valence-electron chi connectivity index (χ4n) is 3.02. The first-order valence-electron chi connectivity index (χ1n) is 7.39. The second-order valence-electron chi connectivity index (χ2n) is 5.46. The Kier molecular flexibility index (Phi) is 4.06. The maximum atomic E-state index is 11.6. The molecule has 0 N–H and O–H groups in total. The summed E-state index contributed by atoms with van der Waals surface area (Å²) < 4.78 is 11.0. The number of methoxy groups -OCH3 is 1. The Morgan fingerprint density at radius 2 is 1.70 bits per heavy atom. The van der Waals surface area contributed by atoms with Crippen LogP contribution < -0.4 is 9.84 Å². The number of hydrogen-bond acceptors (Lipinski definition) is 4. The van der Waals surface area contributed by atoms with Gasteiger partial charge in [-0.05, 0) is 30.2 Å². The number of carboxylic acid groups (broad SMARTS) is 1. The van der Waals surface area contributed by atoms with Crippen LogP contribution in [0.15, 0.2) is 65.9 Å². The second-order valence-corrected chi connectivity index (χ2v) is 5.46. The zero-order chi connectivity index (χ0) is 16.4. The summed E-state index contributed by atoms with van der Waals surface area (Å²) in [6.45, 7) is 1.67. The molecule has 0 radical (unpaired) electrons. The number of carboxylic acids is 1. The lowest BCUT2D eigenvalue weighted by molar-refractivity contribution is -0.299. The van der Waals surface area contributed by atoms with Crippen LogP contribution >= 0.6 is 0 Å². The fourth-order valence-corrected chi connectivity index (χ4v) is 3.02. The van der Waals surface area contributed by atoms with E-state index < -0.39 is 11.9 Å². The Hall–Kier alpha value is -2.75. The minimum atomic E-state index is -1.19. The monoisotopic (exact) mass is 309 g/mol. The van der Waals surface area contributed by atoms with Crippen molar-refractivity contribution in [2.75, 3.05) is 7.11 Å². The molecule has 0 aromatic heterocycles. The number of carbonyl (C=O) groups excluding carboxylic acids is 1. The molecule has 2 aromatic carbocycles. The van der Waals surface area contributed by atoms with Crippen molar-refractivity contribution in [2.24, 2.45) is 0 Å². The molecule has 0 aliphatic carbocycles. The fraction of sp³-hybridized carbons (Fsp3) is 0.211. The van der Waals surface area contributed by atoms with E-state index in [1.54, 1.807) is 14.0 Å². The first-order chi connectivity index (χ1) is 11.1. The van der Waals surface area contributed by atoms with E-state index >= 15 is 0 Å². The van der Waals surface area contributed by atoms with E-state index in [-0.39, 0.29) is 11.7 Å². The van der Waals surface area contributed by atoms with Crippen LogP contribution in [0.2, 0.25) is 0 Å². The van der Waals surface area contributed by atoms with Crippen molar-refractivity contribution in [1.82, 2.24) is 0 Å². The van der Waals surface area contributed by atoms with Gasteiger partial charge in [0.2, 0.25) is 0 Å². The number of carbonyl (C=O) groups is 1. The van der Waals surface area contributed by atoms with Crippen LogP contribution in [0.4, 0.5) is 0 Å². The summed E-state index contributed by atoms with van der Waals surface area (Å²) in [6.07, 6.45) is -0.377. The van der Waals surface area contributed by atoms with Crippen molar-refractivity contribution in [3.8, 4) is 5.75 Å². The number of ether oxygens (including phenoxy) is 2. The third kappa shape index (κ3) is 2.80. The summed E-state index contributed by atoms with van der Waals surface area (Å²) in [4.78, 5) is 11.6. The van der Waals surface area contributed by atoms with Gasteiger partial charge in [0.05, 0.1) is 24.8 Å². The summed E-state index contributed by atoms with van der Waals surface area (Å²) in [6, 6.07) is 17.0. The van der Waals surface area contributed by atoms with Crippen molar-refractivity contribution in [2.45, 2.75) is 18.9 Å². The van der Waals surface area contributed by atoms with E-state index in [1.165, 1.54) is 0 Å². The molecule has 118 valence electrons. The van der Waals surface area contributed by atoms with Crippen LogP contribution in [-0.4, -0.2) is 13.1 Å². The Bertz CT molecular complexity index is 732. The molecule has 0 fully saturated rings. The molecule has 4 nitrogen and oxygen atoms in total. The molecule has 0 bridgehead atoms.